The highest BCUT2D eigenvalue weighted by Crippen LogP contribution is 2.28. The molecule has 0 aliphatic carbocycles. The fourth-order valence-corrected chi connectivity index (χ4v) is 3.17. The highest BCUT2D eigenvalue weighted by Gasteiger charge is 2.15. The molecule has 0 aliphatic heterocycles. The number of rotatable bonds is 8. The maximum absolute atomic E-state index is 13.0. The molecule has 7 heteroatoms. The summed E-state index contributed by atoms with van der Waals surface area (Å²) in [4.78, 5) is 27.5. The quantitative estimate of drug-likeness (QED) is 0.713. The Labute approximate surface area is 143 Å². The minimum Gasteiger partial charge on any atom is -0.481 e. The molecule has 2 N–H and O–H groups in total. The summed E-state index contributed by atoms with van der Waals surface area (Å²) in [5.74, 6) is -1.29. The topological polar surface area (TPSA) is 79.3 Å². The van der Waals surface area contributed by atoms with E-state index in [4.69, 9.17) is 5.11 Å². The second-order valence-electron chi connectivity index (χ2n) is 5.40. The molecule has 1 heterocycles. The fourth-order valence-electron chi connectivity index (χ4n) is 2.18. The molecule has 0 fully saturated rings. The molecule has 1 aromatic heterocycles. The number of nitrogens with one attached hydrogen (secondary N) is 1. The van der Waals surface area contributed by atoms with Crippen LogP contribution in [0.25, 0.3) is 10.6 Å². The second-order valence-corrected chi connectivity index (χ2v) is 6.40. The van der Waals surface area contributed by atoms with Crippen LogP contribution in [0.15, 0.2) is 24.3 Å². The van der Waals surface area contributed by atoms with Crippen molar-refractivity contribution in [1.29, 1.82) is 0 Å². The Hall–Kier alpha value is -2.28. The van der Waals surface area contributed by atoms with Crippen molar-refractivity contribution in [2.75, 3.05) is 6.54 Å². The third kappa shape index (κ3) is 5.13. The predicted molar refractivity (Wildman–Crippen MR) is 90.7 cm³/mol. The van der Waals surface area contributed by atoms with Gasteiger partial charge >= 0.3 is 5.97 Å². The van der Waals surface area contributed by atoms with Gasteiger partial charge in [-0.1, -0.05) is 6.42 Å². The van der Waals surface area contributed by atoms with Crippen molar-refractivity contribution >= 4 is 23.2 Å². The van der Waals surface area contributed by atoms with Gasteiger partial charge in [0.05, 0.1) is 5.69 Å². The van der Waals surface area contributed by atoms with E-state index in [1.54, 1.807) is 19.1 Å². The van der Waals surface area contributed by atoms with Crippen molar-refractivity contribution in [2.24, 2.45) is 0 Å². The summed E-state index contributed by atoms with van der Waals surface area (Å²) in [5, 5.41) is 12.1. The maximum Gasteiger partial charge on any atom is 0.303 e. The first kappa shape index (κ1) is 18.1. The van der Waals surface area contributed by atoms with Gasteiger partial charge in [-0.2, -0.15) is 0 Å². The van der Waals surface area contributed by atoms with Crippen molar-refractivity contribution in [3.05, 3.63) is 40.7 Å². The van der Waals surface area contributed by atoms with Crippen molar-refractivity contribution in [2.45, 2.75) is 32.6 Å². The zero-order valence-electron chi connectivity index (χ0n) is 13.3. The van der Waals surface area contributed by atoms with Gasteiger partial charge in [0.25, 0.3) is 5.91 Å². The molecule has 0 aliphatic rings. The molecule has 0 bridgehead atoms. The molecule has 24 heavy (non-hydrogen) atoms. The third-order valence-electron chi connectivity index (χ3n) is 3.45. The predicted octanol–water partition coefficient (Wildman–Crippen LogP) is 3.63. The van der Waals surface area contributed by atoms with Crippen LogP contribution < -0.4 is 5.32 Å². The molecule has 5 nitrogen and oxygen atoms in total. The third-order valence-corrected chi connectivity index (χ3v) is 4.65. The maximum atomic E-state index is 13.0. The Kier molecular flexibility index (Phi) is 6.43. The van der Waals surface area contributed by atoms with Crippen LogP contribution in [0, 0.1) is 12.7 Å². The number of amides is 1. The van der Waals surface area contributed by atoms with E-state index in [0.717, 1.165) is 18.4 Å². The number of benzene rings is 1. The molecule has 1 amide bonds. The number of aliphatic carboxylic acids is 1. The summed E-state index contributed by atoms with van der Waals surface area (Å²) in [7, 11) is 0. The summed E-state index contributed by atoms with van der Waals surface area (Å²) in [6, 6.07) is 6.00. The Bertz CT molecular complexity index is 713. The molecular weight excluding hydrogens is 331 g/mol. The number of aryl methyl sites for hydroxylation is 1. The van der Waals surface area contributed by atoms with Gasteiger partial charge < -0.3 is 10.4 Å². The van der Waals surface area contributed by atoms with Crippen LogP contribution in [0.1, 0.15) is 41.0 Å². The summed E-state index contributed by atoms with van der Waals surface area (Å²) in [5.41, 5.74) is 1.42. The number of hydrogen-bond acceptors (Lipinski definition) is 4. The number of carboxylic acids is 1. The van der Waals surface area contributed by atoms with Crippen LogP contribution in [-0.4, -0.2) is 28.5 Å². The Morgan fingerprint density at radius 2 is 1.92 bits per heavy atom. The van der Waals surface area contributed by atoms with E-state index >= 15 is 0 Å². The van der Waals surface area contributed by atoms with Gasteiger partial charge in [0, 0.05) is 18.5 Å². The van der Waals surface area contributed by atoms with Crippen LogP contribution >= 0.6 is 11.3 Å². The number of carboxylic acid groups (broad SMARTS) is 1. The lowest BCUT2D eigenvalue weighted by molar-refractivity contribution is -0.137. The molecule has 128 valence electrons. The van der Waals surface area contributed by atoms with E-state index in [-0.39, 0.29) is 18.1 Å². The average molecular weight is 350 g/mol. The average Bonchev–Trinajstić information content (AvgIpc) is 2.93. The monoisotopic (exact) mass is 350 g/mol. The summed E-state index contributed by atoms with van der Waals surface area (Å²) in [6.07, 6.45) is 2.26. The Balaban J connectivity index is 1.88. The lowest BCUT2D eigenvalue weighted by atomic mass is 10.2. The molecule has 0 atom stereocenters. The van der Waals surface area contributed by atoms with Crippen molar-refractivity contribution < 1.29 is 19.1 Å². The van der Waals surface area contributed by atoms with Crippen LogP contribution in [0.3, 0.4) is 0 Å². The van der Waals surface area contributed by atoms with Crippen molar-refractivity contribution in [3.63, 3.8) is 0 Å². The number of thiazole rings is 1. The first-order valence-corrected chi connectivity index (χ1v) is 8.52. The van der Waals surface area contributed by atoms with E-state index in [1.807, 2.05) is 0 Å². The molecule has 2 rings (SSSR count). The molecule has 2 aromatic rings. The normalized spacial score (nSPS) is 10.6. The van der Waals surface area contributed by atoms with Crippen LogP contribution in [0.4, 0.5) is 4.39 Å². The van der Waals surface area contributed by atoms with Gasteiger partial charge in [0.1, 0.15) is 15.7 Å². The van der Waals surface area contributed by atoms with Crippen LogP contribution in [-0.2, 0) is 4.79 Å². The molecule has 0 radical (unpaired) electrons. The minimum atomic E-state index is -0.798. The standard InChI is InChI=1S/C17H19FN2O3S/c1-11-15(16(23)19-10-4-2-3-5-14(21)22)24-17(20-11)12-6-8-13(18)9-7-12/h6-9H,2-5,10H2,1H3,(H,19,23)(H,21,22). The largest absolute Gasteiger partial charge is 0.481 e. The van der Waals surface area contributed by atoms with Gasteiger partial charge in [0.15, 0.2) is 0 Å². The number of nitrogens with zero attached hydrogens (tertiary/aromatic N) is 1. The van der Waals surface area contributed by atoms with Crippen LogP contribution in [0.5, 0.6) is 0 Å². The number of hydrogen-bond donors (Lipinski definition) is 2. The molecule has 0 spiro atoms. The smallest absolute Gasteiger partial charge is 0.303 e. The Morgan fingerprint density at radius 3 is 2.58 bits per heavy atom. The van der Waals surface area contributed by atoms with Gasteiger partial charge in [-0.15, -0.1) is 11.3 Å². The Morgan fingerprint density at radius 1 is 1.21 bits per heavy atom. The number of carbonyl (C=O) groups excluding carboxylic acids is 1. The van der Waals surface area contributed by atoms with Gasteiger partial charge in [-0.3, -0.25) is 9.59 Å². The van der Waals surface area contributed by atoms with E-state index < -0.39 is 5.97 Å². The molecule has 0 saturated carbocycles. The molecule has 0 unspecified atom stereocenters. The van der Waals surface area contributed by atoms with Crippen molar-refractivity contribution in [1.82, 2.24) is 10.3 Å². The summed E-state index contributed by atoms with van der Waals surface area (Å²) in [6.45, 7) is 2.27. The van der Waals surface area contributed by atoms with E-state index in [9.17, 15) is 14.0 Å². The van der Waals surface area contributed by atoms with E-state index in [0.29, 0.717) is 28.5 Å². The van der Waals surface area contributed by atoms with E-state index in [1.165, 1.54) is 23.5 Å². The molecule has 1 aromatic carbocycles. The molecule has 0 saturated heterocycles. The van der Waals surface area contributed by atoms with Gasteiger partial charge in [0.2, 0.25) is 0 Å². The number of aromatic nitrogens is 1. The highest BCUT2D eigenvalue weighted by molar-refractivity contribution is 7.17. The zero-order valence-corrected chi connectivity index (χ0v) is 14.2. The number of carbonyl (C=O) groups is 2. The van der Waals surface area contributed by atoms with Gasteiger partial charge in [-0.05, 0) is 44.0 Å². The second kappa shape index (κ2) is 8.54. The first-order chi connectivity index (χ1) is 11.5. The number of unbranched alkanes of at least 4 members (excludes halogenated alkanes) is 2. The highest BCUT2D eigenvalue weighted by atomic mass is 32.1. The minimum absolute atomic E-state index is 0.156. The van der Waals surface area contributed by atoms with E-state index in [2.05, 4.69) is 10.3 Å². The lowest BCUT2D eigenvalue weighted by Crippen LogP contribution is -2.24. The molecular formula is C17H19FN2O3S. The fraction of sp³-hybridized carbons (Fsp3) is 0.353. The summed E-state index contributed by atoms with van der Waals surface area (Å²) < 4.78 is 13.0. The van der Waals surface area contributed by atoms with Gasteiger partial charge in [-0.25, -0.2) is 9.37 Å². The summed E-state index contributed by atoms with van der Waals surface area (Å²) >= 11 is 1.28. The van der Waals surface area contributed by atoms with Crippen molar-refractivity contribution in [3.8, 4) is 10.6 Å². The van der Waals surface area contributed by atoms with Crippen LogP contribution in [0.2, 0.25) is 0 Å². The first-order valence-electron chi connectivity index (χ1n) is 7.70. The SMILES string of the molecule is Cc1nc(-c2ccc(F)cc2)sc1C(=O)NCCCCCC(=O)O. The zero-order chi connectivity index (χ0) is 17.5. The lowest BCUT2D eigenvalue weighted by Gasteiger charge is -2.03. The number of halogens is 1.